The quantitative estimate of drug-likeness (QED) is 0.579. The monoisotopic (exact) mass is 381 g/mol. The number of carbonyl (C=O) groups excluding carboxylic acids is 1. The van der Waals surface area contributed by atoms with Gasteiger partial charge in [-0.3, -0.25) is 4.79 Å². The summed E-state index contributed by atoms with van der Waals surface area (Å²) in [5.41, 5.74) is 7.12. The zero-order valence-corrected chi connectivity index (χ0v) is 15.6. The third-order valence-corrected chi connectivity index (χ3v) is 4.44. The van der Waals surface area contributed by atoms with E-state index in [1.807, 2.05) is 13.0 Å². The van der Waals surface area contributed by atoms with Crippen LogP contribution in [0.3, 0.4) is 0 Å². The number of hydrogen-bond donors (Lipinski definition) is 4. The zero-order valence-electron chi connectivity index (χ0n) is 15.6. The second-order valence-electron chi connectivity index (χ2n) is 6.64. The van der Waals surface area contributed by atoms with Crippen molar-refractivity contribution in [1.82, 2.24) is 25.5 Å². The lowest BCUT2D eigenvalue weighted by molar-refractivity contribution is 0.0950. The summed E-state index contributed by atoms with van der Waals surface area (Å²) >= 11 is 0. The van der Waals surface area contributed by atoms with E-state index in [1.54, 1.807) is 6.07 Å². The standard InChI is InChI=1S/C18H23N9O/c1-2-21-18(28)17-14(24-12-5-3-4-11(20)6-12)7-15(26-27-17)25-16-10-22-13(8-19)9-23-16/h7,9-12H,2-6,20H2,1H3,(H,21,28)(H2,23,24,25,26). The second-order valence-corrected chi connectivity index (χ2v) is 6.64. The van der Waals surface area contributed by atoms with E-state index in [0.717, 1.165) is 25.7 Å². The fraction of sp³-hybridized carbons (Fsp3) is 0.444. The maximum atomic E-state index is 12.4. The van der Waals surface area contributed by atoms with Crippen molar-refractivity contribution in [3.8, 4) is 6.07 Å². The summed E-state index contributed by atoms with van der Waals surface area (Å²) < 4.78 is 0. The van der Waals surface area contributed by atoms with Crippen LogP contribution in [0.4, 0.5) is 17.3 Å². The van der Waals surface area contributed by atoms with Crippen molar-refractivity contribution in [2.75, 3.05) is 17.2 Å². The Morgan fingerprint density at radius 1 is 1.29 bits per heavy atom. The Bertz CT molecular complexity index is 862. The van der Waals surface area contributed by atoms with Crippen LogP contribution in [0.25, 0.3) is 0 Å². The number of nitrogens with zero attached hydrogens (tertiary/aromatic N) is 5. The van der Waals surface area contributed by atoms with Crippen LogP contribution in [0.1, 0.15) is 48.8 Å². The summed E-state index contributed by atoms with van der Waals surface area (Å²) in [7, 11) is 0. The van der Waals surface area contributed by atoms with Crippen LogP contribution in [0, 0.1) is 11.3 Å². The van der Waals surface area contributed by atoms with Gasteiger partial charge < -0.3 is 21.7 Å². The predicted octanol–water partition coefficient (Wildman–Crippen LogP) is 1.31. The Balaban J connectivity index is 1.83. The largest absolute Gasteiger partial charge is 0.380 e. The SMILES string of the molecule is CCNC(=O)c1nnc(Nc2cnc(C#N)cn2)cc1NC1CCCC(N)C1. The van der Waals surface area contributed by atoms with Crippen LogP contribution < -0.4 is 21.7 Å². The van der Waals surface area contributed by atoms with Crippen LogP contribution in [-0.2, 0) is 0 Å². The van der Waals surface area contributed by atoms with Crippen molar-refractivity contribution < 1.29 is 4.79 Å². The minimum Gasteiger partial charge on any atom is -0.380 e. The van der Waals surface area contributed by atoms with E-state index < -0.39 is 0 Å². The molecule has 2 heterocycles. The van der Waals surface area contributed by atoms with Gasteiger partial charge in [0.05, 0.1) is 18.1 Å². The molecule has 1 aliphatic carbocycles. The molecule has 10 heteroatoms. The van der Waals surface area contributed by atoms with Crippen molar-refractivity contribution in [1.29, 1.82) is 5.26 Å². The molecule has 0 radical (unpaired) electrons. The number of carbonyl (C=O) groups is 1. The molecule has 2 aromatic heterocycles. The molecule has 0 aliphatic heterocycles. The highest BCUT2D eigenvalue weighted by atomic mass is 16.1. The summed E-state index contributed by atoms with van der Waals surface area (Å²) in [5, 5.41) is 26.1. The van der Waals surface area contributed by atoms with Crippen LogP contribution >= 0.6 is 0 Å². The first-order valence-electron chi connectivity index (χ1n) is 9.26. The highest BCUT2D eigenvalue weighted by molar-refractivity contribution is 5.97. The van der Waals surface area contributed by atoms with Crippen LogP contribution in [0.5, 0.6) is 0 Å². The van der Waals surface area contributed by atoms with Gasteiger partial charge in [-0.1, -0.05) is 0 Å². The Morgan fingerprint density at radius 3 is 2.82 bits per heavy atom. The molecule has 2 aromatic rings. The molecule has 3 rings (SSSR count). The third-order valence-electron chi connectivity index (χ3n) is 4.44. The van der Waals surface area contributed by atoms with E-state index in [9.17, 15) is 4.79 Å². The van der Waals surface area contributed by atoms with Gasteiger partial charge in [-0.2, -0.15) is 5.26 Å². The lowest BCUT2D eigenvalue weighted by Crippen LogP contribution is -2.36. The molecule has 2 unspecified atom stereocenters. The molecular formula is C18H23N9O. The normalized spacial score (nSPS) is 18.8. The second kappa shape index (κ2) is 9.05. The zero-order chi connectivity index (χ0) is 19.9. The number of aromatic nitrogens is 4. The minimum atomic E-state index is -0.290. The van der Waals surface area contributed by atoms with E-state index in [0.29, 0.717) is 23.9 Å². The van der Waals surface area contributed by atoms with Gasteiger partial charge in [-0.05, 0) is 32.6 Å². The van der Waals surface area contributed by atoms with Gasteiger partial charge in [-0.25, -0.2) is 9.97 Å². The smallest absolute Gasteiger partial charge is 0.273 e. The molecule has 0 saturated heterocycles. The fourth-order valence-corrected chi connectivity index (χ4v) is 3.13. The molecule has 1 aliphatic rings. The van der Waals surface area contributed by atoms with Gasteiger partial charge in [0.15, 0.2) is 17.2 Å². The molecule has 0 spiro atoms. The van der Waals surface area contributed by atoms with E-state index in [2.05, 4.69) is 36.1 Å². The Labute approximate surface area is 163 Å². The number of nitrogens with one attached hydrogen (secondary N) is 3. The fourth-order valence-electron chi connectivity index (χ4n) is 3.13. The van der Waals surface area contributed by atoms with Crippen LogP contribution in [-0.4, -0.2) is 44.7 Å². The van der Waals surface area contributed by atoms with Crippen LogP contribution in [0.2, 0.25) is 0 Å². The topological polar surface area (TPSA) is 155 Å². The maximum Gasteiger partial charge on any atom is 0.273 e. The summed E-state index contributed by atoms with van der Waals surface area (Å²) in [4.78, 5) is 20.4. The van der Waals surface area contributed by atoms with Crippen molar-refractivity contribution in [2.45, 2.75) is 44.7 Å². The van der Waals surface area contributed by atoms with Gasteiger partial charge in [-0.15, -0.1) is 10.2 Å². The first-order valence-corrected chi connectivity index (χ1v) is 9.26. The summed E-state index contributed by atoms with van der Waals surface area (Å²) in [5.74, 6) is 0.543. The molecule has 5 N–H and O–H groups in total. The van der Waals surface area contributed by atoms with Crippen molar-refractivity contribution in [3.05, 3.63) is 29.8 Å². The van der Waals surface area contributed by atoms with Crippen molar-refractivity contribution >= 4 is 23.2 Å². The molecule has 1 amide bonds. The van der Waals surface area contributed by atoms with Crippen LogP contribution in [0.15, 0.2) is 18.5 Å². The van der Waals surface area contributed by atoms with E-state index in [1.165, 1.54) is 12.4 Å². The minimum absolute atomic E-state index is 0.153. The Morgan fingerprint density at radius 2 is 2.14 bits per heavy atom. The molecule has 1 fully saturated rings. The van der Waals surface area contributed by atoms with Gasteiger partial charge in [0.1, 0.15) is 11.9 Å². The molecule has 10 nitrogen and oxygen atoms in total. The Hall–Kier alpha value is -3.32. The molecular weight excluding hydrogens is 358 g/mol. The summed E-state index contributed by atoms with van der Waals surface area (Å²) in [6.07, 6.45) is 6.67. The van der Waals surface area contributed by atoms with Gasteiger partial charge in [0.25, 0.3) is 5.91 Å². The van der Waals surface area contributed by atoms with E-state index in [4.69, 9.17) is 11.0 Å². The molecule has 146 valence electrons. The number of nitrogens with two attached hydrogens (primary N) is 1. The lowest BCUT2D eigenvalue weighted by Gasteiger charge is -2.28. The molecule has 1 saturated carbocycles. The van der Waals surface area contributed by atoms with Gasteiger partial charge >= 0.3 is 0 Å². The summed E-state index contributed by atoms with van der Waals surface area (Å²) in [6, 6.07) is 3.96. The average molecular weight is 381 g/mol. The molecule has 0 aromatic carbocycles. The maximum absolute atomic E-state index is 12.4. The molecule has 28 heavy (non-hydrogen) atoms. The number of hydrogen-bond acceptors (Lipinski definition) is 9. The van der Waals surface area contributed by atoms with Crippen molar-refractivity contribution in [2.24, 2.45) is 5.73 Å². The number of nitriles is 1. The first kappa shape index (κ1) is 19.4. The first-order chi connectivity index (χ1) is 13.6. The van der Waals surface area contributed by atoms with E-state index in [-0.39, 0.29) is 29.4 Å². The highest BCUT2D eigenvalue weighted by Crippen LogP contribution is 2.25. The predicted molar refractivity (Wildman–Crippen MR) is 104 cm³/mol. The third kappa shape index (κ3) is 4.89. The van der Waals surface area contributed by atoms with Crippen molar-refractivity contribution in [3.63, 3.8) is 0 Å². The van der Waals surface area contributed by atoms with Gasteiger partial charge in [0.2, 0.25) is 0 Å². The van der Waals surface area contributed by atoms with E-state index >= 15 is 0 Å². The lowest BCUT2D eigenvalue weighted by atomic mass is 9.91. The Kier molecular flexibility index (Phi) is 6.29. The molecule has 2 atom stereocenters. The average Bonchev–Trinajstić information content (AvgIpc) is 2.69. The number of anilines is 3. The highest BCUT2D eigenvalue weighted by Gasteiger charge is 2.22. The molecule has 0 bridgehead atoms. The summed E-state index contributed by atoms with van der Waals surface area (Å²) in [6.45, 7) is 2.34. The van der Waals surface area contributed by atoms with Gasteiger partial charge in [0, 0.05) is 24.7 Å². The number of amides is 1. The number of rotatable bonds is 6.